The van der Waals surface area contributed by atoms with Gasteiger partial charge in [-0.2, -0.15) is 8.78 Å². The predicted octanol–water partition coefficient (Wildman–Crippen LogP) is 2.59. The number of benzene rings is 1. The lowest BCUT2D eigenvalue weighted by Gasteiger charge is -2.12. The maximum absolute atomic E-state index is 13.8. The molecular weight excluding hydrogens is 354 g/mol. The van der Waals surface area contributed by atoms with Crippen LogP contribution in [0.25, 0.3) is 0 Å². The van der Waals surface area contributed by atoms with Crippen molar-refractivity contribution in [3.05, 3.63) is 23.3 Å². The molecule has 1 aromatic carbocycles. The van der Waals surface area contributed by atoms with E-state index in [2.05, 4.69) is 4.74 Å². The monoisotopic (exact) mass is 373 g/mol. The van der Waals surface area contributed by atoms with E-state index in [0.29, 0.717) is 12.5 Å². The third-order valence-corrected chi connectivity index (χ3v) is 4.34. The molecule has 0 atom stereocenters. The first-order valence-corrected chi connectivity index (χ1v) is 8.59. The molecule has 0 saturated carbocycles. The van der Waals surface area contributed by atoms with Gasteiger partial charge < -0.3 is 9.47 Å². The Balaban J connectivity index is 2.88. The van der Waals surface area contributed by atoms with Crippen molar-refractivity contribution in [3.8, 4) is 5.75 Å². The molecule has 0 aliphatic carbocycles. The highest BCUT2D eigenvalue weighted by atomic mass is 32.2. The largest absolute Gasteiger partial charge is 0.491 e. The molecule has 0 spiro atoms. The SMILES string of the molecule is COc1c(F)c(F)c(S(=O)(=O)NCCCOCC(C)C)c(F)c1F. The first kappa shape index (κ1) is 20.7. The summed E-state index contributed by atoms with van der Waals surface area (Å²) in [5.74, 6) is -8.96. The van der Waals surface area contributed by atoms with Gasteiger partial charge in [0.25, 0.3) is 0 Å². The highest BCUT2D eigenvalue weighted by Crippen LogP contribution is 2.32. The molecule has 0 radical (unpaired) electrons. The van der Waals surface area contributed by atoms with Crippen molar-refractivity contribution in [2.75, 3.05) is 26.9 Å². The number of hydrogen-bond donors (Lipinski definition) is 1. The minimum absolute atomic E-state index is 0.214. The molecule has 10 heteroatoms. The molecule has 1 rings (SSSR count). The van der Waals surface area contributed by atoms with E-state index < -0.39 is 43.9 Å². The van der Waals surface area contributed by atoms with Gasteiger partial charge in [0.05, 0.1) is 7.11 Å². The summed E-state index contributed by atoms with van der Waals surface area (Å²) in [6.45, 7) is 4.35. The van der Waals surface area contributed by atoms with Gasteiger partial charge in [0.15, 0.2) is 22.3 Å². The zero-order valence-electron chi connectivity index (χ0n) is 13.5. The zero-order valence-corrected chi connectivity index (χ0v) is 14.3. The molecule has 5 nitrogen and oxygen atoms in total. The van der Waals surface area contributed by atoms with E-state index in [4.69, 9.17) is 4.74 Å². The van der Waals surface area contributed by atoms with Crippen molar-refractivity contribution in [3.63, 3.8) is 0 Å². The number of sulfonamides is 1. The minimum atomic E-state index is -4.79. The van der Waals surface area contributed by atoms with Crippen LogP contribution in [-0.2, 0) is 14.8 Å². The first-order chi connectivity index (χ1) is 11.1. The van der Waals surface area contributed by atoms with E-state index in [0.717, 1.165) is 7.11 Å². The standard InChI is InChI=1S/C14H19F4NO4S/c1-8(2)7-23-6-4-5-19-24(20,21)14-11(17)9(15)13(22-3)10(16)12(14)18/h8,19H,4-7H2,1-3H3. The van der Waals surface area contributed by atoms with E-state index >= 15 is 0 Å². The zero-order chi connectivity index (χ0) is 18.5. The topological polar surface area (TPSA) is 64.6 Å². The fraction of sp³-hybridized carbons (Fsp3) is 0.571. The van der Waals surface area contributed by atoms with Crippen molar-refractivity contribution < 1.29 is 35.5 Å². The highest BCUT2D eigenvalue weighted by molar-refractivity contribution is 7.89. The van der Waals surface area contributed by atoms with Crippen molar-refractivity contribution in [1.29, 1.82) is 0 Å². The van der Waals surface area contributed by atoms with Crippen LogP contribution in [0.15, 0.2) is 4.90 Å². The number of methoxy groups -OCH3 is 1. The molecule has 1 aromatic rings. The van der Waals surface area contributed by atoms with Gasteiger partial charge in [0, 0.05) is 19.8 Å². The number of hydrogen-bond acceptors (Lipinski definition) is 4. The van der Waals surface area contributed by atoms with Crippen LogP contribution < -0.4 is 9.46 Å². The van der Waals surface area contributed by atoms with Crippen LogP contribution in [0.2, 0.25) is 0 Å². The maximum atomic E-state index is 13.8. The van der Waals surface area contributed by atoms with Gasteiger partial charge in [-0.3, -0.25) is 0 Å². The molecule has 138 valence electrons. The van der Waals surface area contributed by atoms with Crippen LogP contribution in [0, 0.1) is 29.2 Å². The molecule has 0 heterocycles. The molecule has 0 unspecified atom stereocenters. The quantitative estimate of drug-likeness (QED) is 0.411. The third-order valence-electron chi connectivity index (χ3n) is 2.86. The summed E-state index contributed by atoms with van der Waals surface area (Å²) in [5.41, 5.74) is 0. The van der Waals surface area contributed by atoms with Crippen LogP contribution >= 0.6 is 0 Å². The summed E-state index contributed by atoms with van der Waals surface area (Å²) < 4.78 is 89.9. The number of halogens is 4. The van der Waals surface area contributed by atoms with Crippen molar-refractivity contribution >= 4 is 10.0 Å². The number of ether oxygens (including phenoxy) is 2. The molecule has 0 fully saturated rings. The van der Waals surface area contributed by atoms with Gasteiger partial charge in [-0.25, -0.2) is 21.9 Å². The van der Waals surface area contributed by atoms with E-state index in [9.17, 15) is 26.0 Å². The van der Waals surface area contributed by atoms with Gasteiger partial charge in [-0.15, -0.1) is 0 Å². The molecule has 0 aromatic heterocycles. The Hall–Kier alpha value is -1.39. The van der Waals surface area contributed by atoms with Gasteiger partial charge in [0.1, 0.15) is 0 Å². The molecule has 0 bridgehead atoms. The lowest BCUT2D eigenvalue weighted by Crippen LogP contribution is -2.28. The van der Waals surface area contributed by atoms with Gasteiger partial charge in [-0.1, -0.05) is 13.8 Å². The van der Waals surface area contributed by atoms with Gasteiger partial charge in [-0.05, 0) is 12.3 Å². The molecule has 0 amide bonds. The second-order valence-electron chi connectivity index (χ2n) is 5.34. The lowest BCUT2D eigenvalue weighted by molar-refractivity contribution is 0.108. The Bertz CT molecular complexity index is 651. The van der Waals surface area contributed by atoms with Crippen molar-refractivity contribution in [2.45, 2.75) is 25.2 Å². The molecule has 24 heavy (non-hydrogen) atoms. The summed E-state index contributed by atoms with van der Waals surface area (Å²) in [4.78, 5) is -1.72. The molecule has 0 aliphatic rings. The molecule has 0 saturated heterocycles. The molecule has 1 N–H and O–H groups in total. The van der Waals surface area contributed by atoms with Gasteiger partial charge >= 0.3 is 0 Å². The Morgan fingerprint density at radius 1 is 1.04 bits per heavy atom. The lowest BCUT2D eigenvalue weighted by atomic mass is 10.2. The molecular formula is C14H19F4NO4S. The Labute approximate surface area is 138 Å². The van der Waals surface area contributed by atoms with Crippen LogP contribution in [0.4, 0.5) is 17.6 Å². The van der Waals surface area contributed by atoms with Crippen LogP contribution in [0.5, 0.6) is 5.75 Å². The predicted molar refractivity (Wildman–Crippen MR) is 78.3 cm³/mol. The second kappa shape index (κ2) is 8.63. The van der Waals surface area contributed by atoms with E-state index in [-0.39, 0.29) is 19.6 Å². The molecule has 0 aliphatic heterocycles. The summed E-state index contributed by atoms with van der Waals surface area (Å²) in [5, 5.41) is 0. The summed E-state index contributed by atoms with van der Waals surface area (Å²) in [7, 11) is -3.99. The van der Waals surface area contributed by atoms with E-state index in [1.54, 1.807) is 0 Å². The maximum Gasteiger partial charge on any atom is 0.246 e. The minimum Gasteiger partial charge on any atom is -0.491 e. The second-order valence-corrected chi connectivity index (χ2v) is 7.04. The smallest absolute Gasteiger partial charge is 0.246 e. The highest BCUT2D eigenvalue weighted by Gasteiger charge is 2.33. The Kier molecular flexibility index (Phi) is 7.43. The van der Waals surface area contributed by atoms with Crippen molar-refractivity contribution in [2.24, 2.45) is 5.92 Å². The Morgan fingerprint density at radius 2 is 1.58 bits per heavy atom. The van der Waals surface area contributed by atoms with E-state index in [1.807, 2.05) is 18.6 Å². The number of nitrogens with one attached hydrogen (secondary N) is 1. The van der Waals surface area contributed by atoms with Crippen molar-refractivity contribution in [1.82, 2.24) is 4.72 Å². The number of rotatable bonds is 9. The third kappa shape index (κ3) is 4.81. The van der Waals surface area contributed by atoms with Crippen LogP contribution in [0.3, 0.4) is 0 Å². The van der Waals surface area contributed by atoms with E-state index in [1.165, 1.54) is 0 Å². The average molecular weight is 373 g/mol. The van der Waals surface area contributed by atoms with Crippen LogP contribution in [-0.4, -0.2) is 35.3 Å². The normalized spacial score (nSPS) is 12.0. The first-order valence-electron chi connectivity index (χ1n) is 7.10. The average Bonchev–Trinajstić information content (AvgIpc) is 2.49. The fourth-order valence-electron chi connectivity index (χ4n) is 1.78. The summed E-state index contributed by atoms with van der Waals surface area (Å²) in [6, 6.07) is 0. The fourth-order valence-corrected chi connectivity index (χ4v) is 2.99. The van der Waals surface area contributed by atoms with Crippen LogP contribution in [0.1, 0.15) is 20.3 Å². The Morgan fingerprint density at radius 3 is 2.04 bits per heavy atom. The summed E-state index contributed by atoms with van der Waals surface area (Å²) in [6.07, 6.45) is 0.219. The van der Waals surface area contributed by atoms with Gasteiger partial charge in [0.2, 0.25) is 21.7 Å². The summed E-state index contributed by atoms with van der Waals surface area (Å²) >= 11 is 0.